The van der Waals surface area contributed by atoms with Gasteiger partial charge in [0, 0.05) is 24.0 Å². The maximum absolute atomic E-state index is 5.96. The maximum atomic E-state index is 5.96. The summed E-state index contributed by atoms with van der Waals surface area (Å²) in [5.74, 6) is 0. The largest absolute Gasteiger partial charge is 0.381 e. The Morgan fingerprint density at radius 3 is 2.62 bits per heavy atom. The van der Waals surface area contributed by atoms with E-state index in [1.807, 2.05) is 12.1 Å². The van der Waals surface area contributed by atoms with Gasteiger partial charge >= 0.3 is 0 Å². The van der Waals surface area contributed by atoms with Crippen molar-refractivity contribution in [3.8, 4) is 0 Å². The quantitative estimate of drug-likeness (QED) is 0.817. The Morgan fingerprint density at radius 2 is 1.94 bits per heavy atom. The van der Waals surface area contributed by atoms with Crippen LogP contribution in [-0.2, 0) is 6.54 Å². The lowest BCUT2D eigenvalue weighted by Gasteiger charge is -2.07. The third-order valence-corrected chi connectivity index (χ3v) is 2.71. The Labute approximate surface area is 100 Å². The van der Waals surface area contributed by atoms with Gasteiger partial charge in [-0.25, -0.2) is 4.98 Å². The molecule has 0 unspecified atom stereocenters. The van der Waals surface area contributed by atoms with Crippen LogP contribution in [0.4, 0.5) is 5.69 Å². The molecule has 1 aromatic carbocycles. The molecule has 2 nitrogen and oxygen atoms in total. The average Bonchev–Trinajstić information content (AvgIpc) is 2.30. The number of aromatic nitrogens is 1. The molecule has 2 rings (SSSR count). The summed E-state index contributed by atoms with van der Waals surface area (Å²) in [6, 6.07) is 12.1. The van der Waals surface area contributed by atoms with Crippen LogP contribution < -0.4 is 5.32 Å². The standard InChI is InChI=1S/C13H13ClN2/c1-10-4-6-12(7-5-10)16-9-11-3-2-8-15-13(11)14/h2-8,16H,9H2,1H3. The first kappa shape index (κ1) is 11.0. The van der Waals surface area contributed by atoms with Crippen LogP contribution in [0.2, 0.25) is 5.15 Å². The van der Waals surface area contributed by atoms with E-state index in [9.17, 15) is 0 Å². The second-order valence-corrected chi connectivity index (χ2v) is 4.03. The first-order valence-electron chi connectivity index (χ1n) is 5.15. The third-order valence-electron chi connectivity index (χ3n) is 2.37. The van der Waals surface area contributed by atoms with E-state index in [0.717, 1.165) is 11.3 Å². The number of nitrogens with one attached hydrogen (secondary N) is 1. The SMILES string of the molecule is Cc1ccc(NCc2cccnc2Cl)cc1. The van der Waals surface area contributed by atoms with Crippen molar-refractivity contribution in [2.45, 2.75) is 13.5 Å². The zero-order valence-electron chi connectivity index (χ0n) is 9.07. The van der Waals surface area contributed by atoms with Crippen molar-refractivity contribution in [1.29, 1.82) is 0 Å². The summed E-state index contributed by atoms with van der Waals surface area (Å²) >= 11 is 5.96. The summed E-state index contributed by atoms with van der Waals surface area (Å²) in [7, 11) is 0. The van der Waals surface area contributed by atoms with Gasteiger partial charge in [-0.3, -0.25) is 0 Å². The fourth-order valence-electron chi connectivity index (χ4n) is 1.42. The molecule has 3 heteroatoms. The van der Waals surface area contributed by atoms with E-state index in [2.05, 4.69) is 41.5 Å². The van der Waals surface area contributed by atoms with Crippen LogP contribution in [0.1, 0.15) is 11.1 Å². The normalized spacial score (nSPS) is 10.1. The van der Waals surface area contributed by atoms with Gasteiger partial charge in [0.15, 0.2) is 0 Å². The molecule has 82 valence electrons. The molecule has 16 heavy (non-hydrogen) atoms. The molecule has 0 radical (unpaired) electrons. The van der Waals surface area contributed by atoms with E-state index < -0.39 is 0 Å². The second kappa shape index (κ2) is 4.99. The van der Waals surface area contributed by atoms with Crippen LogP contribution in [-0.4, -0.2) is 4.98 Å². The van der Waals surface area contributed by atoms with Crippen LogP contribution in [0.3, 0.4) is 0 Å². The number of aryl methyl sites for hydroxylation is 1. The Kier molecular flexibility index (Phi) is 3.42. The number of benzene rings is 1. The molecular formula is C13H13ClN2. The van der Waals surface area contributed by atoms with Crippen LogP contribution in [0.25, 0.3) is 0 Å². The number of rotatable bonds is 3. The fraction of sp³-hybridized carbons (Fsp3) is 0.154. The smallest absolute Gasteiger partial charge is 0.133 e. The van der Waals surface area contributed by atoms with Gasteiger partial charge < -0.3 is 5.32 Å². The van der Waals surface area contributed by atoms with E-state index in [4.69, 9.17) is 11.6 Å². The van der Waals surface area contributed by atoms with E-state index in [1.165, 1.54) is 5.56 Å². The van der Waals surface area contributed by atoms with Crippen molar-refractivity contribution >= 4 is 17.3 Å². The van der Waals surface area contributed by atoms with Crippen molar-refractivity contribution in [3.63, 3.8) is 0 Å². The van der Waals surface area contributed by atoms with Crippen LogP contribution in [0, 0.1) is 6.92 Å². The first-order valence-corrected chi connectivity index (χ1v) is 5.53. The molecule has 2 aromatic rings. The minimum absolute atomic E-state index is 0.558. The number of hydrogen-bond donors (Lipinski definition) is 1. The van der Waals surface area contributed by atoms with Gasteiger partial charge in [0.25, 0.3) is 0 Å². The molecule has 1 N–H and O–H groups in total. The van der Waals surface area contributed by atoms with E-state index in [1.54, 1.807) is 6.20 Å². The van der Waals surface area contributed by atoms with Gasteiger partial charge in [0.05, 0.1) is 0 Å². The third kappa shape index (κ3) is 2.74. The number of anilines is 1. The highest BCUT2D eigenvalue weighted by molar-refractivity contribution is 6.30. The highest BCUT2D eigenvalue weighted by Crippen LogP contribution is 2.14. The summed E-state index contributed by atoms with van der Waals surface area (Å²) in [6.07, 6.45) is 1.69. The summed E-state index contributed by atoms with van der Waals surface area (Å²) < 4.78 is 0. The second-order valence-electron chi connectivity index (χ2n) is 3.67. The zero-order chi connectivity index (χ0) is 11.4. The first-order chi connectivity index (χ1) is 7.75. The molecule has 0 aliphatic rings. The Balaban J connectivity index is 2.02. The van der Waals surface area contributed by atoms with Gasteiger partial charge in [-0.15, -0.1) is 0 Å². The Bertz CT molecular complexity index is 466. The topological polar surface area (TPSA) is 24.9 Å². The highest BCUT2D eigenvalue weighted by atomic mass is 35.5. The van der Waals surface area contributed by atoms with Crippen molar-refractivity contribution in [1.82, 2.24) is 4.98 Å². The molecule has 0 saturated heterocycles. The Morgan fingerprint density at radius 1 is 1.19 bits per heavy atom. The van der Waals surface area contributed by atoms with Crippen LogP contribution in [0.15, 0.2) is 42.6 Å². The molecule has 0 spiro atoms. The van der Waals surface area contributed by atoms with E-state index in [-0.39, 0.29) is 0 Å². The molecule has 0 amide bonds. The molecule has 0 fully saturated rings. The summed E-state index contributed by atoms with van der Waals surface area (Å²) in [6.45, 7) is 2.76. The number of hydrogen-bond acceptors (Lipinski definition) is 2. The number of halogens is 1. The Hall–Kier alpha value is -1.54. The van der Waals surface area contributed by atoms with Crippen molar-refractivity contribution < 1.29 is 0 Å². The minimum Gasteiger partial charge on any atom is -0.381 e. The number of nitrogens with zero attached hydrogens (tertiary/aromatic N) is 1. The summed E-state index contributed by atoms with van der Waals surface area (Å²) in [4.78, 5) is 4.03. The zero-order valence-corrected chi connectivity index (χ0v) is 9.83. The van der Waals surface area contributed by atoms with Gasteiger partial charge in [0.1, 0.15) is 5.15 Å². The van der Waals surface area contributed by atoms with Gasteiger partial charge in [-0.05, 0) is 25.1 Å². The highest BCUT2D eigenvalue weighted by Gasteiger charge is 1.99. The lowest BCUT2D eigenvalue weighted by atomic mass is 10.2. The summed E-state index contributed by atoms with van der Waals surface area (Å²) in [5.41, 5.74) is 3.35. The molecule has 1 heterocycles. The molecule has 0 saturated carbocycles. The van der Waals surface area contributed by atoms with E-state index >= 15 is 0 Å². The van der Waals surface area contributed by atoms with Crippen molar-refractivity contribution in [2.75, 3.05) is 5.32 Å². The monoisotopic (exact) mass is 232 g/mol. The maximum Gasteiger partial charge on any atom is 0.133 e. The predicted octanol–water partition coefficient (Wildman–Crippen LogP) is 3.66. The lowest BCUT2D eigenvalue weighted by molar-refractivity contribution is 1.11. The van der Waals surface area contributed by atoms with E-state index in [0.29, 0.717) is 11.7 Å². The lowest BCUT2D eigenvalue weighted by Crippen LogP contribution is -2.00. The minimum atomic E-state index is 0.558. The van der Waals surface area contributed by atoms with Gasteiger partial charge in [-0.1, -0.05) is 35.4 Å². The number of pyridine rings is 1. The average molecular weight is 233 g/mol. The van der Waals surface area contributed by atoms with Crippen LogP contribution >= 0.6 is 11.6 Å². The fourth-order valence-corrected chi connectivity index (χ4v) is 1.61. The van der Waals surface area contributed by atoms with Gasteiger partial charge in [0.2, 0.25) is 0 Å². The van der Waals surface area contributed by atoms with Gasteiger partial charge in [-0.2, -0.15) is 0 Å². The molecule has 1 aromatic heterocycles. The van der Waals surface area contributed by atoms with Crippen molar-refractivity contribution in [3.05, 3.63) is 58.9 Å². The van der Waals surface area contributed by atoms with Crippen LogP contribution in [0.5, 0.6) is 0 Å². The molecule has 0 atom stereocenters. The molecule has 0 aliphatic heterocycles. The molecule has 0 bridgehead atoms. The molecular weight excluding hydrogens is 220 g/mol. The summed E-state index contributed by atoms with van der Waals surface area (Å²) in [5, 5.41) is 3.86. The predicted molar refractivity (Wildman–Crippen MR) is 67.8 cm³/mol. The molecule has 0 aliphatic carbocycles. The van der Waals surface area contributed by atoms with Crippen molar-refractivity contribution in [2.24, 2.45) is 0 Å².